The molecule has 0 bridgehead atoms. The molecule has 0 aromatic heterocycles. The SMILES string of the molecule is CC1(C(=O)Nc2cc3c(cc2Cl)NC(=O)CO3)CCCNC1.Cl. The van der Waals surface area contributed by atoms with E-state index in [1.54, 1.807) is 12.1 Å². The molecule has 2 aliphatic rings. The number of nitrogens with one attached hydrogen (secondary N) is 3. The molecule has 1 aromatic carbocycles. The Hall–Kier alpha value is -1.50. The summed E-state index contributed by atoms with van der Waals surface area (Å²) in [5, 5.41) is 9.17. The van der Waals surface area contributed by atoms with E-state index in [4.69, 9.17) is 16.3 Å². The van der Waals surface area contributed by atoms with Crippen LogP contribution in [0.3, 0.4) is 0 Å². The van der Waals surface area contributed by atoms with Crippen LogP contribution in [-0.2, 0) is 9.59 Å². The summed E-state index contributed by atoms with van der Waals surface area (Å²) in [5.74, 6) is 0.216. The second kappa shape index (κ2) is 6.95. The average molecular weight is 360 g/mol. The van der Waals surface area contributed by atoms with Crippen LogP contribution in [0, 0.1) is 5.41 Å². The van der Waals surface area contributed by atoms with E-state index < -0.39 is 5.41 Å². The summed E-state index contributed by atoms with van der Waals surface area (Å²) in [6.07, 6.45) is 1.80. The Kier molecular flexibility index (Phi) is 5.39. The van der Waals surface area contributed by atoms with Gasteiger partial charge in [0.05, 0.1) is 21.8 Å². The highest BCUT2D eigenvalue weighted by molar-refractivity contribution is 6.34. The molecule has 1 atom stereocenters. The second-order valence-corrected chi connectivity index (χ2v) is 6.37. The van der Waals surface area contributed by atoms with E-state index in [1.165, 1.54) is 0 Å². The zero-order valence-corrected chi connectivity index (χ0v) is 14.3. The quantitative estimate of drug-likeness (QED) is 0.757. The van der Waals surface area contributed by atoms with Crippen LogP contribution in [0.5, 0.6) is 5.75 Å². The number of ether oxygens (including phenoxy) is 1. The first-order chi connectivity index (χ1) is 10.5. The number of carbonyl (C=O) groups is 2. The van der Waals surface area contributed by atoms with Crippen LogP contribution in [0.15, 0.2) is 12.1 Å². The molecular weight excluding hydrogens is 341 g/mol. The van der Waals surface area contributed by atoms with Crippen molar-refractivity contribution in [1.29, 1.82) is 0 Å². The van der Waals surface area contributed by atoms with Gasteiger partial charge in [0.2, 0.25) is 5.91 Å². The lowest BCUT2D eigenvalue weighted by molar-refractivity contribution is -0.125. The third-order valence-corrected chi connectivity index (χ3v) is 4.41. The van der Waals surface area contributed by atoms with Gasteiger partial charge >= 0.3 is 0 Å². The molecule has 1 saturated heterocycles. The normalized spacial score (nSPS) is 23.0. The molecule has 1 aromatic rings. The summed E-state index contributed by atoms with van der Waals surface area (Å²) >= 11 is 6.20. The molecule has 1 unspecified atom stereocenters. The van der Waals surface area contributed by atoms with E-state index in [0.717, 1.165) is 19.4 Å². The van der Waals surface area contributed by atoms with Crippen molar-refractivity contribution in [2.24, 2.45) is 5.41 Å². The van der Waals surface area contributed by atoms with Crippen LogP contribution in [0.25, 0.3) is 0 Å². The Morgan fingerprint density at radius 3 is 2.91 bits per heavy atom. The molecule has 0 spiro atoms. The van der Waals surface area contributed by atoms with Crippen LogP contribution in [0.2, 0.25) is 5.02 Å². The first-order valence-electron chi connectivity index (χ1n) is 7.26. The number of fused-ring (bicyclic) bond motifs is 1. The van der Waals surface area contributed by atoms with Crippen LogP contribution in [-0.4, -0.2) is 31.5 Å². The van der Waals surface area contributed by atoms with Gasteiger partial charge in [-0.15, -0.1) is 12.4 Å². The molecular formula is C15H19Cl2N3O3. The summed E-state index contributed by atoms with van der Waals surface area (Å²) in [6.45, 7) is 3.49. The number of amides is 2. The van der Waals surface area contributed by atoms with E-state index >= 15 is 0 Å². The second-order valence-electron chi connectivity index (χ2n) is 5.96. The van der Waals surface area contributed by atoms with E-state index in [2.05, 4.69) is 16.0 Å². The van der Waals surface area contributed by atoms with Crippen molar-refractivity contribution < 1.29 is 14.3 Å². The smallest absolute Gasteiger partial charge is 0.262 e. The van der Waals surface area contributed by atoms with E-state index in [0.29, 0.717) is 28.7 Å². The highest BCUT2D eigenvalue weighted by Gasteiger charge is 2.35. The summed E-state index contributed by atoms with van der Waals surface area (Å²) in [4.78, 5) is 23.8. The number of benzene rings is 1. The van der Waals surface area contributed by atoms with E-state index in [-0.39, 0.29) is 30.8 Å². The van der Waals surface area contributed by atoms with Crippen LogP contribution in [0.4, 0.5) is 11.4 Å². The Balaban J connectivity index is 0.00000192. The minimum absolute atomic E-state index is 0. The van der Waals surface area contributed by atoms with Crippen molar-refractivity contribution in [2.45, 2.75) is 19.8 Å². The maximum Gasteiger partial charge on any atom is 0.262 e. The fraction of sp³-hybridized carbons (Fsp3) is 0.467. The van der Waals surface area contributed by atoms with Gasteiger partial charge in [0.1, 0.15) is 5.75 Å². The number of hydrogen-bond acceptors (Lipinski definition) is 4. The number of halogens is 2. The fourth-order valence-corrected chi connectivity index (χ4v) is 2.93. The van der Waals surface area contributed by atoms with Crippen molar-refractivity contribution in [2.75, 3.05) is 30.3 Å². The average Bonchev–Trinajstić information content (AvgIpc) is 2.49. The molecule has 2 amide bonds. The Morgan fingerprint density at radius 1 is 1.43 bits per heavy atom. The predicted molar refractivity (Wildman–Crippen MR) is 91.7 cm³/mol. The predicted octanol–water partition coefficient (Wildman–Crippen LogP) is 2.42. The number of carbonyl (C=O) groups excluding carboxylic acids is 2. The lowest BCUT2D eigenvalue weighted by Crippen LogP contribution is -2.46. The van der Waals surface area contributed by atoms with Crippen molar-refractivity contribution in [3.8, 4) is 5.75 Å². The summed E-state index contributed by atoms with van der Waals surface area (Å²) in [6, 6.07) is 3.24. The fourth-order valence-electron chi connectivity index (χ4n) is 2.72. The van der Waals surface area contributed by atoms with Crippen molar-refractivity contribution in [3.05, 3.63) is 17.2 Å². The van der Waals surface area contributed by atoms with Gasteiger partial charge in [-0.3, -0.25) is 9.59 Å². The standard InChI is InChI=1S/C15H18ClN3O3.ClH/c1-15(3-2-4-17-8-15)14(21)19-10-6-12-11(5-9(10)16)18-13(20)7-22-12;/h5-6,17H,2-4,7-8H2,1H3,(H,18,20)(H,19,21);1H. The molecule has 3 rings (SSSR count). The van der Waals surface area contributed by atoms with Gasteiger partial charge in [-0.25, -0.2) is 0 Å². The number of rotatable bonds is 2. The summed E-state index contributed by atoms with van der Waals surface area (Å²) in [7, 11) is 0. The zero-order chi connectivity index (χ0) is 15.7. The third-order valence-electron chi connectivity index (χ3n) is 4.10. The lowest BCUT2D eigenvalue weighted by Gasteiger charge is -2.32. The van der Waals surface area contributed by atoms with Gasteiger partial charge < -0.3 is 20.7 Å². The Labute approximate surface area is 145 Å². The molecule has 23 heavy (non-hydrogen) atoms. The highest BCUT2D eigenvalue weighted by Crippen LogP contribution is 2.37. The van der Waals surface area contributed by atoms with Gasteiger partial charge in [-0.1, -0.05) is 11.6 Å². The molecule has 3 N–H and O–H groups in total. The van der Waals surface area contributed by atoms with Gasteiger partial charge in [-0.05, 0) is 32.4 Å². The van der Waals surface area contributed by atoms with Crippen LogP contribution in [0.1, 0.15) is 19.8 Å². The molecule has 2 heterocycles. The topological polar surface area (TPSA) is 79.5 Å². The van der Waals surface area contributed by atoms with Crippen LogP contribution < -0.4 is 20.7 Å². The minimum Gasteiger partial charge on any atom is -0.482 e. The molecule has 6 nitrogen and oxygen atoms in total. The first kappa shape index (κ1) is 17.8. The van der Waals surface area contributed by atoms with Gasteiger partial charge in [-0.2, -0.15) is 0 Å². The van der Waals surface area contributed by atoms with Crippen molar-refractivity contribution >= 4 is 47.2 Å². The van der Waals surface area contributed by atoms with Crippen LogP contribution >= 0.6 is 24.0 Å². The molecule has 8 heteroatoms. The molecule has 1 fully saturated rings. The minimum atomic E-state index is -0.452. The third kappa shape index (κ3) is 3.71. The number of piperidine rings is 1. The maximum atomic E-state index is 12.5. The van der Waals surface area contributed by atoms with Gasteiger partial charge in [0, 0.05) is 12.6 Å². The van der Waals surface area contributed by atoms with Gasteiger partial charge in [0.15, 0.2) is 6.61 Å². The molecule has 2 aliphatic heterocycles. The number of hydrogen-bond donors (Lipinski definition) is 3. The first-order valence-corrected chi connectivity index (χ1v) is 7.64. The number of anilines is 2. The van der Waals surface area contributed by atoms with E-state index in [1.807, 2.05) is 6.92 Å². The summed E-state index contributed by atoms with van der Waals surface area (Å²) in [5.41, 5.74) is 0.560. The largest absolute Gasteiger partial charge is 0.482 e. The lowest BCUT2D eigenvalue weighted by atomic mass is 9.82. The molecule has 0 aliphatic carbocycles. The van der Waals surface area contributed by atoms with Crippen molar-refractivity contribution in [3.63, 3.8) is 0 Å². The highest BCUT2D eigenvalue weighted by atomic mass is 35.5. The zero-order valence-electron chi connectivity index (χ0n) is 12.7. The van der Waals surface area contributed by atoms with Crippen molar-refractivity contribution in [1.82, 2.24) is 5.32 Å². The Bertz CT molecular complexity index is 631. The molecule has 0 radical (unpaired) electrons. The van der Waals surface area contributed by atoms with E-state index in [9.17, 15) is 9.59 Å². The summed E-state index contributed by atoms with van der Waals surface area (Å²) < 4.78 is 5.35. The molecule has 0 saturated carbocycles. The van der Waals surface area contributed by atoms with Gasteiger partial charge in [0.25, 0.3) is 5.91 Å². The maximum absolute atomic E-state index is 12.5. The Morgan fingerprint density at radius 2 is 2.22 bits per heavy atom. The molecule has 126 valence electrons. The monoisotopic (exact) mass is 359 g/mol.